The lowest BCUT2D eigenvalue weighted by Crippen LogP contribution is -2.36. The Balaban J connectivity index is 1.76. The van der Waals surface area contributed by atoms with E-state index < -0.39 is 11.7 Å². The molecule has 3 aromatic rings. The number of nitrogens with one attached hydrogen (secondary N) is 1. The summed E-state index contributed by atoms with van der Waals surface area (Å²) in [5.41, 5.74) is 9.25. The van der Waals surface area contributed by atoms with Crippen molar-refractivity contribution in [3.8, 4) is 0 Å². The highest BCUT2D eigenvalue weighted by Crippen LogP contribution is 2.42. The number of halogens is 3. The number of pyridine rings is 1. The van der Waals surface area contributed by atoms with Crippen molar-refractivity contribution in [3.63, 3.8) is 0 Å². The van der Waals surface area contributed by atoms with Crippen LogP contribution in [0.3, 0.4) is 0 Å². The molecule has 1 aromatic heterocycles. The Kier molecular flexibility index (Phi) is 7.54. The lowest BCUT2D eigenvalue weighted by Gasteiger charge is -2.30. The zero-order valence-electron chi connectivity index (χ0n) is 20.8. The van der Waals surface area contributed by atoms with Crippen molar-refractivity contribution in [3.05, 3.63) is 95.2 Å². The number of hydrogen-bond acceptors (Lipinski definition) is 5. The number of rotatable bonds is 8. The Hall–Kier alpha value is -3.52. The predicted octanol–water partition coefficient (Wildman–Crippen LogP) is 6.04. The van der Waals surface area contributed by atoms with E-state index >= 15 is 0 Å². The second kappa shape index (κ2) is 10.6. The Labute approximate surface area is 210 Å². The fourth-order valence-electron chi connectivity index (χ4n) is 4.81. The minimum Gasteiger partial charge on any atom is -0.364 e. The lowest BCUT2D eigenvalue weighted by molar-refractivity contribution is -0.137. The molecule has 0 spiro atoms. The van der Waals surface area contributed by atoms with Gasteiger partial charge in [-0.05, 0) is 56.1 Å². The normalized spacial score (nSPS) is 17.0. The first-order valence-corrected chi connectivity index (χ1v) is 12.1. The highest BCUT2D eigenvalue weighted by molar-refractivity contribution is 5.91. The van der Waals surface area contributed by atoms with Gasteiger partial charge in [0.1, 0.15) is 12.0 Å². The summed E-state index contributed by atoms with van der Waals surface area (Å²) in [5.74, 6) is 0.696. The van der Waals surface area contributed by atoms with Crippen molar-refractivity contribution in [2.24, 2.45) is 5.73 Å². The smallest absolute Gasteiger partial charge is 0.364 e. The van der Waals surface area contributed by atoms with Gasteiger partial charge >= 0.3 is 6.18 Å². The van der Waals surface area contributed by atoms with Gasteiger partial charge in [-0.25, -0.2) is 4.98 Å². The maximum atomic E-state index is 13.5. The summed E-state index contributed by atoms with van der Waals surface area (Å²) >= 11 is 0. The van der Waals surface area contributed by atoms with Crippen molar-refractivity contribution in [1.29, 1.82) is 0 Å². The molecule has 2 atom stereocenters. The maximum Gasteiger partial charge on any atom is 0.416 e. The average Bonchev–Trinajstić information content (AvgIpc) is 3.12. The lowest BCUT2D eigenvalue weighted by atomic mass is 10.0. The van der Waals surface area contributed by atoms with E-state index in [0.29, 0.717) is 17.9 Å². The van der Waals surface area contributed by atoms with Crippen molar-refractivity contribution in [2.75, 3.05) is 26.0 Å². The van der Waals surface area contributed by atoms with Gasteiger partial charge in [0, 0.05) is 37.5 Å². The quantitative estimate of drug-likeness (QED) is 0.399. The van der Waals surface area contributed by atoms with E-state index in [9.17, 15) is 13.2 Å². The first-order valence-electron chi connectivity index (χ1n) is 12.1. The van der Waals surface area contributed by atoms with Gasteiger partial charge < -0.3 is 20.9 Å². The van der Waals surface area contributed by atoms with Gasteiger partial charge in [-0.15, -0.1) is 0 Å². The van der Waals surface area contributed by atoms with Gasteiger partial charge in [-0.3, -0.25) is 0 Å². The van der Waals surface area contributed by atoms with Gasteiger partial charge in [0.15, 0.2) is 0 Å². The molecule has 190 valence electrons. The van der Waals surface area contributed by atoms with E-state index in [0.717, 1.165) is 41.4 Å². The van der Waals surface area contributed by atoms with Crippen LogP contribution < -0.4 is 11.1 Å². The summed E-state index contributed by atoms with van der Waals surface area (Å²) in [4.78, 5) is 8.69. The van der Waals surface area contributed by atoms with E-state index in [1.54, 1.807) is 12.3 Å². The number of alkyl halides is 3. The third-order valence-corrected chi connectivity index (χ3v) is 6.65. The van der Waals surface area contributed by atoms with Crippen molar-refractivity contribution >= 4 is 17.2 Å². The van der Waals surface area contributed by atoms with E-state index in [2.05, 4.69) is 39.2 Å². The Morgan fingerprint density at radius 3 is 2.25 bits per heavy atom. The number of anilines is 1. The van der Waals surface area contributed by atoms with E-state index in [-0.39, 0.29) is 12.2 Å². The highest BCUT2D eigenvalue weighted by atomic mass is 19.4. The molecule has 0 bridgehead atoms. The molecule has 5 nitrogen and oxygen atoms in total. The fraction of sp³-hybridized carbons (Fsp3) is 0.321. The molecular weight excluding hydrogens is 463 g/mol. The van der Waals surface area contributed by atoms with Crippen LogP contribution in [-0.2, 0) is 6.18 Å². The number of aromatic nitrogens is 1. The van der Waals surface area contributed by atoms with Crippen LogP contribution in [0.5, 0.6) is 0 Å². The van der Waals surface area contributed by atoms with Gasteiger partial charge in [-0.2, -0.15) is 13.2 Å². The number of benzene rings is 2. The van der Waals surface area contributed by atoms with Gasteiger partial charge in [0.25, 0.3) is 0 Å². The van der Waals surface area contributed by atoms with Crippen molar-refractivity contribution in [2.45, 2.75) is 38.1 Å². The molecule has 2 aromatic carbocycles. The standard InChI is InChI=1S/C28H32F3N5/c1-19(20-9-5-4-6-10-20)34-24-18-22(14-16-33-24)27-26(35(2)25(36(27)3)13-8-15-32)21-11-7-12-23(17-21)28(29,30)31/h4-7,9-12,14,16-19,25H,8,13,15,32H2,1-3H3,(H,33,34)/t19-,25?/m0/s1. The molecule has 0 fully saturated rings. The van der Waals surface area contributed by atoms with Crippen molar-refractivity contribution in [1.82, 2.24) is 14.8 Å². The SMILES string of the molecule is C[C@H](Nc1cc(C2=C(c3cccc(C(F)(F)F)c3)N(C)C(CCCN)N2C)ccn1)c1ccccc1. The van der Waals surface area contributed by atoms with Gasteiger partial charge in [0.05, 0.1) is 17.0 Å². The Bertz CT molecular complexity index is 1210. The Morgan fingerprint density at radius 1 is 0.944 bits per heavy atom. The van der Waals surface area contributed by atoms with Crippen molar-refractivity contribution < 1.29 is 13.2 Å². The molecule has 0 saturated carbocycles. The molecule has 3 N–H and O–H groups in total. The molecule has 1 unspecified atom stereocenters. The summed E-state index contributed by atoms with van der Waals surface area (Å²) in [7, 11) is 3.91. The maximum absolute atomic E-state index is 13.5. The molecule has 8 heteroatoms. The second-order valence-corrected chi connectivity index (χ2v) is 9.12. The van der Waals surface area contributed by atoms with Crippen LogP contribution in [0.15, 0.2) is 72.9 Å². The zero-order valence-corrected chi connectivity index (χ0v) is 20.8. The predicted molar refractivity (Wildman–Crippen MR) is 139 cm³/mol. The minimum absolute atomic E-state index is 0.0269. The molecule has 4 rings (SSSR count). The zero-order chi connectivity index (χ0) is 25.9. The topological polar surface area (TPSA) is 57.4 Å². The minimum atomic E-state index is -4.42. The average molecular weight is 496 g/mol. The Morgan fingerprint density at radius 2 is 1.61 bits per heavy atom. The third-order valence-electron chi connectivity index (χ3n) is 6.65. The number of nitrogens with zero attached hydrogens (tertiary/aromatic N) is 3. The van der Waals surface area contributed by atoms with E-state index in [4.69, 9.17) is 5.73 Å². The summed E-state index contributed by atoms with van der Waals surface area (Å²) < 4.78 is 40.6. The van der Waals surface area contributed by atoms with E-state index in [1.165, 1.54) is 12.1 Å². The number of hydrogen-bond donors (Lipinski definition) is 2. The van der Waals surface area contributed by atoms with Crippen LogP contribution in [0.2, 0.25) is 0 Å². The number of nitrogens with two attached hydrogens (primary N) is 1. The first kappa shape index (κ1) is 25.6. The molecular formula is C28H32F3N5. The largest absolute Gasteiger partial charge is 0.416 e. The fourth-order valence-corrected chi connectivity index (χ4v) is 4.81. The molecule has 1 aliphatic rings. The van der Waals surface area contributed by atoms with Gasteiger partial charge in [-0.1, -0.05) is 42.5 Å². The van der Waals surface area contributed by atoms with Crippen LogP contribution in [0.4, 0.5) is 19.0 Å². The summed E-state index contributed by atoms with van der Waals surface area (Å²) in [6.07, 6.45) is -1.12. The summed E-state index contributed by atoms with van der Waals surface area (Å²) in [6, 6.07) is 19.5. The molecule has 0 amide bonds. The summed E-state index contributed by atoms with van der Waals surface area (Å²) in [6.45, 7) is 2.61. The summed E-state index contributed by atoms with van der Waals surface area (Å²) in [5, 5.41) is 3.45. The molecule has 0 aliphatic carbocycles. The monoisotopic (exact) mass is 495 g/mol. The molecule has 36 heavy (non-hydrogen) atoms. The molecule has 0 radical (unpaired) electrons. The first-order chi connectivity index (χ1) is 17.2. The third kappa shape index (κ3) is 5.33. The van der Waals surface area contributed by atoms with Crippen LogP contribution >= 0.6 is 0 Å². The van der Waals surface area contributed by atoms with Crippen LogP contribution in [0.1, 0.15) is 48.1 Å². The van der Waals surface area contributed by atoms with Crippen LogP contribution in [0.25, 0.3) is 11.4 Å². The molecule has 2 heterocycles. The highest BCUT2D eigenvalue weighted by Gasteiger charge is 2.36. The van der Waals surface area contributed by atoms with E-state index in [1.807, 2.05) is 44.4 Å². The van der Waals surface area contributed by atoms with Crippen LogP contribution in [0, 0.1) is 0 Å². The molecule has 1 aliphatic heterocycles. The van der Waals surface area contributed by atoms with Crippen LogP contribution in [-0.4, -0.2) is 41.6 Å². The van der Waals surface area contributed by atoms with Gasteiger partial charge in [0.2, 0.25) is 0 Å². The molecule has 0 saturated heterocycles. The second-order valence-electron chi connectivity index (χ2n) is 9.12.